The molecule has 0 bridgehead atoms. The molecule has 0 fully saturated rings. The van der Waals surface area contributed by atoms with Gasteiger partial charge in [-0.2, -0.15) is 0 Å². The first-order valence-electron chi connectivity index (χ1n) is 10.6. The quantitative estimate of drug-likeness (QED) is 0.404. The highest BCUT2D eigenvalue weighted by Crippen LogP contribution is 2.33. The zero-order chi connectivity index (χ0) is 21.2. The molecule has 0 unspecified atom stereocenters. The number of halogens is 1. The van der Waals surface area contributed by atoms with Crippen LogP contribution in [0.25, 0.3) is 28.1 Å². The Bertz CT molecular complexity index is 1200. The van der Waals surface area contributed by atoms with Gasteiger partial charge in [-0.25, -0.2) is 9.13 Å². The van der Waals surface area contributed by atoms with Gasteiger partial charge in [-0.1, -0.05) is 54.1 Å². The molecule has 1 N–H and O–H groups in total. The summed E-state index contributed by atoms with van der Waals surface area (Å²) in [5, 5.41) is 4.31. The molecule has 0 spiro atoms. The summed E-state index contributed by atoms with van der Waals surface area (Å²) in [6.45, 7) is 1.92. The molecule has 0 amide bonds. The van der Waals surface area contributed by atoms with E-state index in [4.69, 9.17) is 16.3 Å². The molecule has 0 saturated heterocycles. The molecule has 0 aliphatic carbocycles. The molecule has 2 heterocycles. The molecule has 0 radical (unpaired) electrons. The van der Waals surface area contributed by atoms with E-state index in [1.54, 1.807) is 7.11 Å². The Labute approximate surface area is 187 Å². The van der Waals surface area contributed by atoms with Crippen molar-refractivity contribution in [3.8, 4) is 33.8 Å². The molecule has 156 valence electrons. The Morgan fingerprint density at radius 3 is 2.48 bits per heavy atom. The Kier molecular flexibility index (Phi) is 5.39. The Morgan fingerprint density at radius 2 is 1.71 bits per heavy atom. The number of rotatable bonds is 4. The predicted octanol–water partition coefficient (Wildman–Crippen LogP) is 5.97. The van der Waals surface area contributed by atoms with Gasteiger partial charge in [0.25, 0.3) is 0 Å². The van der Waals surface area contributed by atoms with Gasteiger partial charge < -0.3 is 4.74 Å². The van der Waals surface area contributed by atoms with Gasteiger partial charge in [0, 0.05) is 5.02 Å². The fraction of sp³-hybridized carbons (Fsp3) is 0.192. The first kappa shape index (κ1) is 19.7. The molecule has 0 saturated carbocycles. The number of anilines is 1. The lowest BCUT2D eigenvalue weighted by molar-refractivity contribution is -0.670. The average Bonchev–Trinajstić information content (AvgIpc) is 3.00. The molecular weight excluding hydrogens is 406 g/mol. The second kappa shape index (κ2) is 8.48. The number of hydrogen-bond acceptors (Lipinski definition) is 2. The molecule has 4 aromatic rings. The zero-order valence-electron chi connectivity index (χ0n) is 17.5. The summed E-state index contributed by atoms with van der Waals surface area (Å²) >= 11 is 6.21. The maximum absolute atomic E-state index is 6.21. The summed E-state index contributed by atoms with van der Waals surface area (Å²) in [6.07, 6.45) is 4.47. The number of hydrogen-bond donors (Lipinski definition) is 1. The van der Waals surface area contributed by atoms with Crippen LogP contribution in [0, 0.1) is 0 Å². The van der Waals surface area contributed by atoms with Crippen LogP contribution in [-0.4, -0.2) is 18.2 Å². The van der Waals surface area contributed by atoms with Crippen LogP contribution in [0.4, 0.5) is 5.95 Å². The molecular formula is C26H25ClN3O+. The highest BCUT2D eigenvalue weighted by atomic mass is 35.5. The number of methoxy groups -OCH3 is 1. The third-order valence-corrected chi connectivity index (χ3v) is 6.04. The largest absolute Gasteiger partial charge is 0.496 e. The minimum Gasteiger partial charge on any atom is -0.496 e. The molecule has 0 atom stereocenters. The van der Waals surface area contributed by atoms with Crippen molar-refractivity contribution in [2.24, 2.45) is 0 Å². The van der Waals surface area contributed by atoms with Crippen LogP contribution in [-0.2, 0) is 6.54 Å². The van der Waals surface area contributed by atoms with Gasteiger partial charge in [-0.15, -0.1) is 0 Å². The molecule has 5 heteroatoms. The minimum atomic E-state index is 0.672. The number of aromatic nitrogens is 2. The van der Waals surface area contributed by atoms with Crippen LogP contribution >= 0.6 is 11.6 Å². The van der Waals surface area contributed by atoms with Gasteiger partial charge >= 0.3 is 5.95 Å². The van der Waals surface area contributed by atoms with Crippen molar-refractivity contribution in [3.63, 3.8) is 0 Å². The van der Waals surface area contributed by atoms with E-state index in [1.807, 2.05) is 24.3 Å². The normalized spacial score (nSPS) is 13.2. The summed E-state index contributed by atoms with van der Waals surface area (Å²) in [4.78, 5) is 0. The molecule has 1 aliphatic rings. The van der Waals surface area contributed by atoms with E-state index in [0.29, 0.717) is 5.02 Å². The van der Waals surface area contributed by atoms with Crippen LogP contribution < -0.4 is 14.6 Å². The van der Waals surface area contributed by atoms with Gasteiger partial charge in [0.1, 0.15) is 23.3 Å². The number of imidazole rings is 1. The van der Waals surface area contributed by atoms with E-state index in [0.717, 1.165) is 54.6 Å². The third-order valence-electron chi connectivity index (χ3n) is 5.81. The zero-order valence-corrected chi connectivity index (χ0v) is 18.3. The molecule has 3 aromatic carbocycles. The van der Waals surface area contributed by atoms with Gasteiger partial charge in [-0.05, 0) is 54.3 Å². The Balaban J connectivity index is 1.62. The number of fused-ring (bicyclic) bond motifs is 1. The third kappa shape index (κ3) is 3.79. The van der Waals surface area contributed by atoms with Crippen LogP contribution in [0.15, 0.2) is 79.0 Å². The summed E-state index contributed by atoms with van der Waals surface area (Å²) < 4.78 is 10.2. The van der Waals surface area contributed by atoms with Crippen LogP contribution in [0.1, 0.15) is 12.8 Å². The van der Waals surface area contributed by atoms with Gasteiger partial charge in [0.15, 0.2) is 0 Å². The fourth-order valence-electron chi connectivity index (χ4n) is 4.23. The SMILES string of the molecule is COc1cc(Cl)ccc1-c1cn(-c2ccc(-c3ccccc3)cc2)c2[n+]1CCCCN2. The maximum atomic E-state index is 6.21. The minimum absolute atomic E-state index is 0.672. The van der Waals surface area contributed by atoms with Crippen molar-refractivity contribution in [2.45, 2.75) is 19.4 Å². The monoisotopic (exact) mass is 430 g/mol. The molecule has 4 nitrogen and oxygen atoms in total. The van der Waals surface area contributed by atoms with E-state index in [1.165, 1.54) is 11.1 Å². The van der Waals surface area contributed by atoms with E-state index in [2.05, 4.69) is 69.2 Å². The van der Waals surface area contributed by atoms with Crippen LogP contribution in [0.5, 0.6) is 5.75 Å². The summed E-state index contributed by atoms with van der Waals surface area (Å²) in [7, 11) is 1.69. The van der Waals surface area contributed by atoms with E-state index < -0.39 is 0 Å². The van der Waals surface area contributed by atoms with Crippen molar-refractivity contribution in [1.82, 2.24) is 4.57 Å². The molecule has 1 aliphatic heterocycles. The smallest absolute Gasteiger partial charge is 0.362 e. The standard InChI is InChI=1S/C26H24ClN3O/c1-31-25-17-21(27)11-14-23(25)24-18-30(26-28-15-5-6-16-29(24)26)22-12-9-20(10-13-22)19-7-3-2-4-8-19/h2-4,7-14,17-18H,5-6,15-16H2,1H3/p+1. The number of ether oxygens (including phenoxy) is 1. The number of benzene rings is 3. The molecule has 5 rings (SSSR count). The Hall–Kier alpha value is -3.24. The second-order valence-corrected chi connectivity index (χ2v) is 8.19. The first-order chi connectivity index (χ1) is 15.2. The highest BCUT2D eigenvalue weighted by molar-refractivity contribution is 6.30. The summed E-state index contributed by atoms with van der Waals surface area (Å²) in [5.41, 5.74) is 5.71. The first-order valence-corrected chi connectivity index (χ1v) is 11.0. The summed E-state index contributed by atoms with van der Waals surface area (Å²) in [6, 6.07) is 25.0. The van der Waals surface area contributed by atoms with Gasteiger partial charge in [-0.3, -0.25) is 5.32 Å². The lowest BCUT2D eigenvalue weighted by atomic mass is 10.1. The second-order valence-electron chi connectivity index (χ2n) is 7.75. The number of nitrogens with zero attached hydrogens (tertiary/aromatic N) is 2. The average molecular weight is 431 g/mol. The van der Waals surface area contributed by atoms with E-state index >= 15 is 0 Å². The van der Waals surface area contributed by atoms with Crippen molar-refractivity contribution < 1.29 is 9.30 Å². The van der Waals surface area contributed by atoms with Crippen molar-refractivity contribution in [2.75, 3.05) is 19.0 Å². The van der Waals surface area contributed by atoms with Crippen molar-refractivity contribution in [1.29, 1.82) is 0 Å². The van der Waals surface area contributed by atoms with Crippen LogP contribution in [0.3, 0.4) is 0 Å². The van der Waals surface area contributed by atoms with E-state index in [9.17, 15) is 0 Å². The lowest BCUT2D eigenvalue weighted by Crippen LogP contribution is -2.36. The Morgan fingerprint density at radius 1 is 0.935 bits per heavy atom. The fourth-order valence-corrected chi connectivity index (χ4v) is 4.39. The van der Waals surface area contributed by atoms with Gasteiger partial charge in [0.05, 0.1) is 25.8 Å². The van der Waals surface area contributed by atoms with Crippen molar-refractivity contribution in [3.05, 3.63) is 84.0 Å². The summed E-state index contributed by atoms with van der Waals surface area (Å²) in [5.74, 6) is 1.88. The molecule has 1 aromatic heterocycles. The maximum Gasteiger partial charge on any atom is 0.362 e. The topological polar surface area (TPSA) is 30.1 Å². The molecule has 31 heavy (non-hydrogen) atoms. The van der Waals surface area contributed by atoms with Gasteiger partial charge in [0.2, 0.25) is 0 Å². The highest BCUT2D eigenvalue weighted by Gasteiger charge is 2.27. The predicted molar refractivity (Wildman–Crippen MR) is 126 cm³/mol. The van der Waals surface area contributed by atoms with E-state index in [-0.39, 0.29) is 0 Å². The van der Waals surface area contributed by atoms with Crippen molar-refractivity contribution >= 4 is 17.5 Å². The van der Waals surface area contributed by atoms with Crippen LogP contribution in [0.2, 0.25) is 5.02 Å². The lowest BCUT2D eigenvalue weighted by Gasteiger charge is -2.08. The number of nitrogens with one attached hydrogen (secondary N) is 1.